The monoisotopic (exact) mass is 372 g/mol. The van der Waals surface area contributed by atoms with Gasteiger partial charge in [0.05, 0.1) is 25.4 Å². The minimum atomic E-state index is -0.990. The number of carbonyl (C=O) groups excluding carboxylic acids is 3. The van der Waals surface area contributed by atoms with Gasteiger partial charge in [-0.1, -0.05) is 19.1 Å². The van der Waals surface area contributed by atoms with Crippen LogP contribution in [0.2, 0.25) is 0 Å². The number of aliphatic hydroxyl groups excluding tert-OH is 1. The number of amides is 3. The lowest BCUT2D eigenvalue weighted by molar-refractivity contribution is -0.142. The molecule has 1 aromatic carbocycles. The second-order valence-electron chi connectivity index (χ2n) is 5.58. The fourth-order valence-corrected chi connectivity index (χ4v) is 2.45. The van der Waals surface area contributed by atoms with Crippen molar-refractivity contribution in [3.8, 4) is 0 Å². The van der Waals surface area contributed by atoms with Crippen molar-refractivity contribution in [3.05, 3.63) is 47.0 Å². The summed E-state index contributed by atoms with van der Waals surface area (Å²) in [5, 5.41) is 14.8. The van der Waals surface area contributed by atoms with Crippen LogP contribution in [0.1, 0.15) is 20.3 Å². The number of benzene rings is 1. The van der Waals surface area contributed by atoms with Crippen LogP contribution < -0.4 is 10.3 Å². The molecule has 1 aromatic rings. The number of rotatable bonds is 5. The normalized spacial score (nSPS) is 14.0. The lowest BCUT2D eigenvalue weighted by atomic mass is 10.1. The zero-order valence-electron chi connectivity index (χ0n) is 15.1. The summed E-state index contributed by atoms with van der Waals surface area (Å²) in [6.07, 6.45) is 0.652. The summed E-state index contributed by atoms with van der Waals surface area (Å²) < 4.78 is 4.81. The first kappa shape index (κ1) is 19.8. The van der Waals surface area contributed by atoms with Gasteiger partial charge in [0, 0.05) is 6.54 Å². The van der Waals surface area contributed by atoms with Gasteiger partial charge in [-0.25, -0.2) is 14.4 Å². The van der Waals surface area contributed by atoms with Crippen LogP contribution in [-0.4, -0.2) is 47.7 Å². The first-order chi connectivity index (χ1) is 12.9. The first-order valence-corrected chi connectivity index (χ1v) is 8.41. The van der Waals surface area contributed by atoms with Gasteiger partial charge in [0.1, 0.15) is 5.76 Å². The van der Waals surface area contributed by atoms with E-state index in [9.17, 15) is 19.5 Å². The molecule has 1 aliphatic heterocycles. The number of hydrazine groups is 1. The van der Waals surface area contributed by atoms with Gasteiger partial charge in [-0.2, -0.15) is 5.01 Å². The summed E-state index contributed by atoms with van der Waals surface area (Å²) in [7, 11) is 0. The van der Waals surface area contributed by atoms with E-state index in [1.165, 1.54) is 17.1 Å². The summed E-state index contributed by atoms with van der Waals surface area (Å²) >= 11 is 0. The number of esters is 1. The first-order valence-electron chi connectivity index (χ1n) is 8.41. The third-order valence-corrected chi connectivity index (χ3v) is 3.71. The van der Waals surface area contributed by atoms with E-state index in [-0.39, 0.29) is 13.2 Å². The van der Waals surface area contributed by atoms with E-state index in [0.29, 0.717) is 24.3 Å². The standard InChI is InChI=1S/C18H20N4O5/c1-4-10-20-18(26)22-16(24)15(17(25)27-5-2)14(23)11-21(22)13-8-6-12(19-3)7-9-13/h6-9,23H,4-5,10-11H2,1-2H3,(H,20,26). The highest BCUT2D eigenvalue weighted by Gasteiger charge is 2.41. The molecule has 1 heterocycles. The van der Waals surface area contributed by atoms with E-state index >= 15 is 0 Å². The van der Waals surface area contributed by atoms with E-state index in [1.807, 2.05) is 6.92 Å². The smallest absolute Gasteiger partial charge is 0.347 e. The lowest BCUT2D eigenvalue weighted by Gasteiger charge is -2.38. The molecule has 0 saturated carbocycles. The van der Waals surface area contributed by atoms with Crippen molar-refractivity contribution in [2.45, 2.75) is 20.3 Å². The number of nitrogens with one attached hydrogen (secondary N) is 1. The van der Waals surface area contributed by atoms with E-state index < -0.39 is 29.2 Å². The summed E-state index contributed by atoms with van der Waals surface area (Å²) in [6, 6.07) is 5.41. The van der Waals surface area contributed by atoms with Crippen LogP contribution in [0.25, 0.3) is 4.85 Å². The van der Waals surface area contributed by atoms with Crippen molar-refractivity contribution < 1.29 is 24.2 Å². The van der Waals surface area contributed by atoms with Crippen molar-refractivity contribution >= 4 is 29.3 Å². The van der Waals surface area contributed by atoms with Crippen LogP contribution >= 0.6 is 0 Å². The minimum absolute atomic E-state index is 0.0206. The highest BCUT2D eigenvalue weighted by atomic mass is 16.5. The number of aliphatic hydroxyl groups is 1. The number of hydrogen-bond acceptors (Lipinski definition) is 6. The zero-order valence-corrected chi connectivity index (χ0v) is 15.1. The summed E-state index contributed by atoms with van der Waals surface area (Å²) in [5.74, 6) is -2.47. The van der Waals surface area contributed by atoms with Crippen molar-refractivity contribution in [2.75, 3.05) is 24.7 Å². The third-order valence-electron chi connectivity index (χ3n) is 3.71. The molecular weight excluding hydrogens is 352 g/mol. The van der Waals surface area contributed by atoms with Crippen molar-refractivity contribution in [1.82, 2.24) is 10.3 Å². The van der Waals surface area contributed by atoms with Crippen LogP contribution in [0.4, 0.5) is 16.2 Å². The molecule has 0 unspecified atom stereocenters. The number of anilines is 1. The Kier molecular flexibility index (Phi) is 6.38. The molecule has 3 amide bonds. The van der Waals surface area contributed by atoms with E-state index in [4.69, 9.17) is 11.3 Å². The molecule has 0 atom stereocenters. The molecule has 0 aliphatic carbocycles. The Bertz CT molecular complexity index is 810. The maximum Gasteiger partial charge on any atom is 0.347 e. The summed E-state index contributed by atoms with van der Waals surface area (Å²) in [6.45, 7) is 10.5. The van der Waals surface area contributed by atoms with Gasteiger partial charge in [0.2, 0.25) is 0 Å². The fourth-order valence-electron chi connectivity index (χ4n) is 2.45. The van der Waals surface area contributed by atoms with Gasteiger partial charge < -0.3 is 15.2 Å². The molecular formula is C18H20N4O5. The molecule has 0 saturated heterocycles. The molecule has 0 bridgehead atoms. The van der Waals surface area contributed by atoms with Crippen molar-refractivity contribution in [3.63, 3.8) is 0 Å². The zero-order chi connectivity index (χ0) is 20.0. The van der Waals surface area contributed by atoms with Crippen LogP contribution in [0.3, 0.4) is 0 Å². The van der Waals surface area contributed by atoms with E-state index in [0.717, 1.165) is 5.01 Å². The molecule has 0 radical (unpaired) electrons. The Balaban J connectivity index is 2.46. The number of urea groups is 1. The molecule has 9 heteroatoms. The summed E-state index contributed by atoms with van der Waals surface area (Å²) in [4.78, 5) is 40.7. The number of ether oxygens (including phenoxy) is 1. The van der Waals surface area contributed by atoms with Gasteiger partial charge in [0.15, 0.2) is 11.3 Å². The van der Waals surface area contributed by atoms with E-state index in [1.54, 1.807) is 19.1 Å². The molecule has 27 heavy (non-hydrogen) atoms. The number of carbonyl (C=O) groups is 3. The molecule has 2 rings (SSSR count). The Morgan fingerprint density at radius 3 is 2.52 bits per heavy atom. The molecule has 142 valence electrons. The Morgan fingerprint density at radius 2 is 1.96 bits per heavy atom. The molecule has 0 spiro atoms. The Morgan fingerprint density at radius 1 is 1.30 bits per heavy atom. The largest absolute Gasteiger partial charge is 0.509 e. The predicted molar refractivity (Wildman–Crippen MR) is 96.9 cm³/mol. The SMILES string of the molecule is [C-]#[N+]c1ccc(N2CC(O)=C(C(=O)OCC)C(=O)N2C(=O)NCCC)cc1. The number of imide groups is 1. The quantitative estimate of drug-likeness (QED) is 0.467. The van der Waals surface area contributed by atoms with Gasteiger partial charge in [-0.05, 0) is 25.5 Å². The average molecular weight is 372 g/mol. The molecule has 0 aromatic heterocycles. The van der Waals surface area contributed by atoms with Crippen LogP contribution in [0, 0.1) is 6.57 Å². The van der Waals surface area contributed by atoms with Gasteiger partial charge in [-0.15, -0.1) is 0 Å². The van der Waals surface area contributed by atoms with Gasteiger partial charge in [0.25, 0.3) is 5.91 Å². The topological polar surface area (TPSA) is 104 Å². The maximum atomic E-state index is 12.8. The predicted octanol–water partition coefficient (Wildman–Crippen LogP) is 2.30. The van der Waals surface area contributed by atoms with Gasteiger partial charge >= 0.3 is 12.0 Å². The number of hydrogen-bond donors (Lipinski definition) is 2. The maximum absolute atomic E-state index is 12.8. The second kappa shape index (κ2) is 8.71. The van der Waals surface area contributed by atoms with Crippen molar-refractivity contribution in [1.29, 1.82) is 0 Å². The average Bonchev–Trinajstić information content (AvgIpc) is 2.66. The van der Waals surface area contributed by atoms with Crippen LogP contribution in [-0.2, 0) is 14.3 Å². The van der Waals surface area contributed by atoms with Crippen molar-refractivity contribution in [2.24, 2.45) is 0 Å². The van der Waals surface area contributed by atoms with E-state index in [2.05, 4.69) is 10.2 Å². The highest BCUT2D eigenvalue weighted by Crippen LogP contribution is 2.27. The highest BCUT2D eigenvalue weighted by molar-refractivity contribution is 6.21. The molecule has 9 nitrogen and oxygen atoms in total. The minimum Gasteiger partial charge on any atom is -0.509 e. The van der Waals surface area contributed by atoms with Gasteiger partial charge in [-0.3, -0.25) is 9.80 Å². The molecule has 1 aliphatic rings. The Labute approximate surface area is 156 Å². The molecule has 2 N–H and O–H groups in total. The van der Waals surface area contributed by atoms with Crippen LogP contribution in [0.15, 0.2) is 35.6 Å². The fraction of sp³-hybridized carbons (Fsp3) is 0.333. The third kappa shape index (κ3) is 4.17. The number of nitrogens with zero attached hydrogens (tertiary/aromatic N) is 3. The molecule has 0 fully saturated rings. The lowest BCUT2D eigenvalue weighted by Crippen LogP contribution is -2.58. The Hall–Kier alpha value is -3.54. The summed E-state index contributed by atoms with van der Waals surface area (Å²) in [5.41, 5.74) is 0.213. The second-order valence-corrected chi connectivity index (χ2v) is 5.58. The van der Waals surface area contributed by atoms with Crippen LogP contribution in [0.5, 0.6) is 0 Å².